The molecule has 1 heterocycles. The van der Waals surface area contributed by atoms with E-state index in [0.29, 0.717) is 5.56 Å². The second-order valence-electron chi connectivity index (χ2n) is 4.10. The topological polar surface area (TPSA) is 97.1 Å². The maximum atomic E-state index is 13.0. The number of nitrogens with two attached hydrogens (primary N) is 1. The average molecular weight is 331 g/mol. The summed E-state index contributed by atoms with van der Waals surface area (Å²) < 4.78 is 39.5. The number of pyridine rings is 1. The van der Waals surface area contributed by atoms with Crippen LogP contribution in [0.1, 0.15) is 5.56 Å². The van der Waals surface area contributed by atoms with E-state index < -0.39 is 15.8 Å². The molecule has 6 nitrogen and oxygen atoms in total. The van der Waals surface area contributed by atoms with Gasteiger partial charge < -0.3 is 5.43 Å². The van der Waals surface area contributed by atoms with Gasteiger partial charge in [-0.1, -0.05) is 23.7 Å². The van der Waals surface area contributed by atoms with Gasteiger partial charge in [-0.2, -0.15) is 0 Å². The number of sulfonamides is 1. The summed E-state index contributed by atoms with van der Waals surface area (Å²) in [5.74, 6) is 4.89. The summed E-state index contributed by atoms with van der Waals surface area (Å²) in [7, 11) is -3.81. The summed E-state index contributed by atoms with van der Waals surface area (Å²) >= 11 is 5.83. The van der Waals surface area contributed by atoms with E-state index in [4.69, 9.17) is 17.4 Å². The summed E-state index contributed by atoms with van der Waals surface area (Å²) in [4.78, 5) is 3.68. The highest BCUT2D eigenvalue weighted by Crippen LogP contribution is 2.21. The molecule has 0 unspecified atom stereocenters. The van der Waals surface area contributed by atoms with Crippen LogP contribution in [0.2, 0.25) is 5.02 Å². The highest BCUT2D eigenvalue weighted by atomic mass is 35.5. The Morgan fingerprint density at radius 3 is 2.71 bits per heavy atom. The number of rotatable bonds is 5. The van der Waals surface area contributed by atoms with Crippen LogP contribution in [0.15, 0.2) is 41.4 Å². The van der Waals surface area contributed by atoms with Gasteiger partial charge in [0.25, 0.3) is 0 Å². The lowest BCUT2D eigenvalue weighted by atomic mass is 10.2. The lowest BCUT2D eigenvalue weighted by molar-refractivity contribution is 0.580. The molecule has 9 heteroatoms. The molecule has 4 N–H and O–H groups in total. The highest BCUT2D eigenvalue weighted by molar-refractivity contribution is 7.89. The molecule has 0 fully saturated rings. The van der Waals surface area contributed by atoms with Gasteiger partial charge in [-0.3, -0.25) is 0 Å². The van der Waals surface area contributed by atoms with Crippen LogP contribution in [-0.4, -0.2) is 13.4 Å². The summed E-state index contributed by atoms with van der Waals surface area (Å²) in [5, 5.41) is 0.0751. The van der Waals surface area contributed by atoms with E-state index in [0.717, 1.165) is 6.20 Å². The summed E-state index contributed by atoms with van der Waals surface area (Å²) in [5.41, 5.74) is 2.74. The van der Waals surface area contributed by atoms with Crippen LogP contribution in [0, 0.1) is 5.82 Å². The minimum atomic E-state index is -3.81. The molecule has 2 aromatic rings. The fourth-order valence-corrected chi connectivity index (χ4v) is 2.86. The molecule has 1 aromatic heterocycles. The molecule has 21 heavy (non-hydrogen) atoms. The number of benzene rings is 1. The van der Waals surface area contributed by atoms with E-state index in [2.05, 4.69) is 15.1 Å². The largest absolute Gasteiger partial charge is 0.307 e. The second kappa shape index (κ2) is 6.35. The molecule has 0 aliphatic rings. The molecule has 0 bridgehead atoms. The van der Waals surface area contributed by atoms with Crippen LogP contribution in [-0.2, 0) is 16.6 Å². The van der Waals surface area contributed by atoms with Gasteiger partial charge in [0.1, 0.15) is 10.7 Å². The van der Waals surface area contributed by atoms with Gasteiger partial charge in [0.15, 0.2) is 5.82 Å². The van der Waals surface area contributed by atoms with Crippen molar-refractivity contribution in [3.8, 4) is 0 Å². The summed E-state index contributed by atoms with van der Waals surface area (Å²) in [6.07, 6.45) is 1.12. The van der Waals surface area contributed by atoms with Gasteiger partial charge in [0.05, 0.1) is 5.02 Å². The third kappa shape index (κ3) is 3.88. The lowest BCUT2D eigenvalue weighted by Gasteiger charge is -2.08. The molecule has 112 valence electrons. The number of hydrogen-bond acceptors (Lipinski definition) is 5. The lowest BCUT2D eigenvalue weighted by Crippen LogP contribution is -2.23. The van der Waals surface area contributed by atoms with Crippen molar-refractivity contribution in [2.75, 3.05) is 5.43 Å². The first-order valence-corrected chi connectivity index (χ1v) is 7.65. The van der Waals surface area contributed by atoms with E-state index in [1.807, 2.05) is 0 Å². The smallest absolute Gasteiger partial charge is 0.242 e. The molecule has 0 saturated carbocycles. The van der Waals surface area contributed by atoms with E-state index in [9.17, 15) is 12.8 Å². The Morgan fingerprint density at radius 1 is 1.33 bits per heavy atom. The van der Waals surface area contributed by atoms with Crippen LogP contribution in [0.25, 0.3) is 0 Å². The van der Waals surface area contributed by atoms with Crippen molar-refractivity contribution < 1.29 is 12.8 Å². The molecule has 0 radical (unpaired) electrons. The van der Waals surface area contributed by atoms with Crippen molar-refractivity contribution in [3.63, 3.8) is 0 Å². The number of halogens is 2. The zero-order valence-corrected chi connectivity index (χ0v) is 12.2. The number of nitrogens with zero attached hydrogens (tertiary/aromatic N) is 1. The fourth-order valence-electron chi connectivity index (χ4n) is 1.58. The molecule has 1 aromatic carbocycles. The van der Waals surface area contributed by atoms with Gasteiger partial charge in [-0.15, -0.1) is 0 Å². The van der Waals surface area contributed by atoms with Crippen LogP contribution in [0.5, 0.6) is 0 Å². The molecule has 0 aliphatic carbocycles. The first-order chi connectivity index (χ1) is 9.92. The van der Waals surface area contributed by atoms with Gasteiger partial charge >= 0.3 is 0 Å². The SMILES string of the molecule is NNc1ncc(S(=O)(=O)NCc2cccc(F)c2)cc1Cl. The van der Waals surface area contributed by atoms with Crippen molar-refractivity contribution in [1.29, 1.82) is 0 Å². The summed E-state index contributed by atoms with van der Waals surface area (Å²) in [6, 6.07) is 6.85. The molecular formula is C12H12ClFN4O2S. The number of hydrazine groups is 1. The maximum Gasteiger partial charge on any atom is 0.242 e. The molecule has 0 amide bonds. The predicted molar refractivity (Wildman–Crippen MR) is 77.5 cm³/mol. The number of hydrogen-bond donors (Lipinski definition) is 3. The third-order valence-corrected chi connectivity index (χ3v) is 4.27. The van der Waals surface area contributed by atoms with Crippen LogP contribution < -0.4 is 16.0 Å². The Morgan fingerprint density at radius 2 is 2.10 bits per heavy atom. The van der Waals surface area contributed by atoms with Crippen LogP contribution in [0.3, 0.4) is 0 Å². The molecule has 0 saturated heterocycles. The molecular weight excluding hydrogens is 319 g/mol. The molecule has 0 aliphatic heterocycles. The highest BCUT2D eigenvalue weighted by Gasteiger charge is 2.16. The van der Waals surface area contributed by atoms with E-state index in [1.165, 1.54) is 24.3 Å². The Bertz CT molecular complexity index is 755. The van der Waals surface area contributed by atoms with Crippen molar-refractivity contribution in [1.82, 2.24) is 9.71 Å². The standard InChI is InChI=1S/C12H12ClFN4O2S/c13-11-5-10(7-16-12(11)18-15)21(19,20)17-6-8-2-1-3-9(14)4-8/h1-5,7,17H,6,15H2,(H,16,18). The Kier molecular flexibility index (Phi) is 4.73. The molecule has 0 atom stereocenters. The van der Waals surface area contributed by atoms with Crippen LogP contribution in [0.4, 0.5) is 10.2 Å². The first kappa shape index (κ1) is 15.6. The zero-order valence-electron chi connectivity index (χ0n) is 10.7. The maximum absolute atomic E-state index is 13.0. The second-order valence-corrected chi connectivity index (χ2v) is 6.27. The van der Waals surface area contributed by atoms with Crippen molar-refractivity contribution >= 4 is 27.4 Å². The van der Waals surface area contributed by atoms with E-state index >= 15 is 0 Å². The Hall–Kier alpha value is -1.74. The predicted octanol–water partition coefficient (Wildman–Crippen LogP) is 1.64. The minimum Gasteiger partial charge on any atom is -0.307 e. The zero-order chi connectivity index (χ0) is 15.5. The summed E-state index contributed by atoms with van der Waals surface area (Å²) in [6.45, 7) is -0.0470. The normalized spacial score (nSPS) is 11.4. The monoisotopic (exact) mass is 330 g/mol. The van der Waals surface area contributed by atoms with Crippen molar-refractivity contribution in [2.45, 2.75) is 11.4 Å². The molecule has 2 rings (SSSR count). The third-order valence-electron chi connectivity index (χ3n) is 2.62. The number of aromatic nitrogens is 1. The minimum absolute atomic E-state index is 0.0470. The van der Waals surface area contributed by atoms with E-state index in [-0.39, 0.29) is 22.3 Å². The molecule has 0 spiro atoms. The van der Waals surface area contributed by atoms with Crippen molar-refractivity contribution in [2.24, 2.45) is 5.84 Å². The van der Waals surface area contributed by atoms with Crippen LogP contribution >= 0.6 is 11.6 Å². The van der Waals surface area contributed by atoms with Gasteiger partial charge in [-0.05, 0) is 23.8 Å². The van der Waals surface area contributed by atoms with Gasteiger partial charge in [-0.25, -0.2) is 28.4 Å². The fraction of sp³-hybridized carbons (Fsp3) is 0.0833. The number of nitrogens with one attached hydrogen (secondary N) is 2. The van der Waals surface area contributed by atoms with Gasteiger partial charge in [0, 0.05) is 12.7 Å². The number of nitrogen functional groups attached to an aromatic ring is 1. The Balaban J connectivity index is 2.17. The average Bonchev–Trinajstić information content (AvgIpc) is 2.45. The first-order valence-electron chi connectivity index (χ1n) is 5.78. The quantitative estimate of drug-likeness (QED) is 0.572. The number of anilines is 1. The van der Waals surface area contributed by atoms with E-state index in [1.54, 1.807) is 6.07 Å². The van der Waals surface area contributed by atoms with Gasteiger partial charge in [0.2, 0.25) is 10.0 Å². The van der Waals surface area contributed by atoms with Crippen molar-refractivity contribution in [3.05, 3.63) is 52.9 Å². The Labute approximate surface area is 126 Å².